The molecule has 0 saturated carbocycles. The van der Waals surface area contributed by atoms with Gasteiger partial charge in [0.25, 0.3) is 0 Å². The number of hydrogen-bond acceptors (Lipinski definition) is 2. The summed E-state index contributed by atoms with van der Waals surface area (Å²) in [6, 6.07) is 4.44. The number of rotatable bonds is 3. The van der Waals surface area contributed by atoms with E-state index in [1.165, 1.54) is 12.1 Å². The van der Waals surface area contributed by atoms with Crippen LogP contribution in [0.3, 0.4) is 0 Å². The van der Waals surface area contributed by atoms with Crippen LogP contribution in [0.5, 0.6) is 0 Å². The maximum absolute atomic E-state index is 12.7. The lowest BCUT2D eigenvalue weighted by molar-refractivity contribution is -0.196. The van der Waals surface area contributed by atoms with Crippen molar-refractivity contribution >= 4 is 10.8 Å². The number of aliphatic hydroxyl groups excluding tert-OH is 1. The van der Waals surface area contributed by atoms with Gasteiger partial charge in [-0.3, -0.25) is 4.21 Å². The van der Waals surface area contributed by atoms with Gasteiger partial charge in [-0.1, -0.05) is 6.07 Å². The van der Waals surface area contributed by atoms with Crippen LogP contribution in [0.15, 0.2) is 29.2 Å². The molecule has 0 aromatic heterocycles. The first-order valence-electron chi connectivity index (χ1n) is 4.19. The van der Waals surface area contributed by atoms with E-state index in [0.29, 0.717) is 0 Å². The van der Waals surface area contributed by atoms with E-state index in [-0.39, 0.29) is 4.90 Å². The van der Waals surface area contributed by atoms with Crippen molar-refractivity contribution in [3.05, 3.63) is 30.1 Å². The van der Waals surface area contributed by atoms with E-state index in [2.05, 4.69) is 0 Å². The van der Waals surface area contributed by atoms with E-state index in [1.807, 2.05) is 0 Å². The van der Waals surface area contributed by atoms with Crippen LogP contribution in [0.2, 0.25) is 0 Å². The lowest BCUT2D eigenvalue weighted by Gasteiger charge is -2.13. The summed E-state index contributed by atoms with van der Waals surface area (Å²) < 4.78 is 59.9. The molecule has 0 saturated heterocycles. The predicted octanol–water partition coefficient (Wildman–Crippen LogP) is 1.86. The first-order valence-corrected chi connectivity index (χ1v) is 5.51. The van der Waals surface area contributed by atoms with Crippen molar-refractivity contribution in [3.63, 3.8) is 0 Å². The molecular weight excluding hydrogens is 248 g/mol. The molecule has 2 atom stereocenters. The summed E-state index contributed by atoms with van der Waals surface area (Å²) in [6.07, 6.45) is -7.49. The van der Waals surface area contributed by atoms with Crippen molar-refractivity contribution in [3.8, 4) is 0 Å². The molecule has 0 aliphatic carbocycles. The summed E-state index contributed by atoms with van der Waals surface area (Å²) in [5, 5.41) is 8.67. The molecule has 0 heterocycles. The number of hydrogen-bond donors (Lipinski definition) is 1. The third kappa shape index (κ3) is 3.57. The largest absolute Gasteiger partial charge is 0.415 e. The number of aliphatic hydroxyl groups is 1. The monoisotopic (exact) mass is 256 g/mol. The average molecular weight is 256 g/mol. The Balaban J connectivity index is 2.74. The van der Waals surface area contributed by atoms with Gasteiger partial charge in [0.1, 0.15) is 5.82 Å². The molecule has 0 aliphatic rings. The number of benzene rings is 1. The molecule has 0 aliphatic heterocycles. The van der Waals surface area contributed by atoms with Crippen molar-refractivity contribution in [1.82, 2.24) is 0 Å². The van der Waals surface area contributed by atoms with Crippen LogP contribution >= 0.6 is 0 Å². The van der Waals surface area contributed by atoms with Crippen LogP contribution in [0.4, 0.5) is 17.6 Å². The quantitative estimate of drug-likeness (QED) is 0.838. The fraction of sp³-hybridized carbons (Fsp3) is 0.333. The first kappa shape index (κ1) is 13.1. The van der Waals surface area contributed by atoms with Gasteiger partial charge in [-0.05, 0) is 18.2 Å². The first-order chi connectivity index (χ1) is 7.30. The molecule has 90 valence electrons. The van der Waals surface area contributed by atoms with Gasteiger partial charge in [0.2, 0.25) is 0 Å². The van der Waals surface area contributed by atoms with Gasteiger partial charge >= 0.3 is 6.18 Å². The van der Waals surface area contributed by atoms with Crippen molar-refractivity contribution in [2.24, 2.45) is 0 Å². The predicted molar refractivity (Wildman–Crippen MR) is 49.7 cm³/mol. The third-order valence-electron chi connectivity index (χ3n) is 1.75. The Morgan fingerprint density at radius 3 is 2.50 bits per heavy atom. The molecule has 1 rings (SSSR count). The average Bonchev–Trinajstić information content (AvgIpc) is 2.16. The fourth-order valence-corrected chi connectivity index (χ4v) is 2.09. The molecule has 0 amide bonds. The highest BCUT2D eigenvalue weighted by molar-refractivity contribution is 7.85. The summed E-state index contributed by atoms with van der Waals surface area (Å²) in [7, 11) is -2.08. The summed E-state index contributed by atoms with van der Waals surface area (Å²) in [5.74, 6) is -1.68. The molecule has 0 spiro atoms. The minimum absolute atomic E-state index is 0.0803. The van der Waals surface area contributed by atoms with Crippen molar-refractivity contribution < 1.29 is 26.9 Å². The molecule has 0 radical (unpaired) electrons. The van der Waals surface area contributed by atoms with Crippen molar-refractivity contribution in [2.75, 3.05) is 5.75 Å². The van der Waals surface area contributed by atoms with Gasteiger partial charge in [-0.25, -0.2) is 4.39 Å². The Bertz CT molecular complexity index is 391. The second-order valence-electron chi connectivity index (χ2n) is 3.03. The molecule has 1 aromatic carbocycles. The molecule has 1 aromatic rings. The Kier molecular flexibility index (Phi) is 4.03. The minimum atomic E-state index is -4.82. The van der Waals surface area contributed by atoms with E-state index < -0.39 is 34.6 Å². The molecule has 2 unspecified atom stereocenters. The Labute approximate surface area is 91.4 Å². The molecular formula is C9H8F4O2S. The highest BCUT2D eigenvalue weighted by atomic mass is 32.2. The van der Waals surface area contributed by atoms with E-state index in [4.69, 9.17) is 5.11 Å². The van der Waals surface area contributed by atoms with Gasteiger partial charge in [0.05, 0.1) is 16.6 Å². The SMILES string of the molecule is O=S(CC(O)C(F)(F)F)c1cccc(F)c1. The van der Waals surface area contributed by atoms with Crippen LogP contribution < -0.4 is 0 Å². The van der Waals surface area contributed by atoms with E-state index in [9.17, 15) is 21.8 Å². The molecule has 0 fully saturated rings. The highest BCUT2D eigenvalue weighted by Gasteiger charge is 2.39. The zero-order valence-corrected chi connectivity index (χ0v) is 8.69. The van der Waals surface area contributed by atoms with Crippen LogP contribution in [0.1, 0.15) is 0 Å². The van der Waals surface area contributed by atoms with Crippen molar-refractivity contribution in [2.45, 2.75) is 17.2 Å². The Morgan fingerprint density at radius 2 is 2.00 bits per heavy atom. The normalized spacial score (nSPS) is 15.8. The maximum atomic E-state index is 12.7. The lowest BCUT2D eigenvalue weighted by Crippen LogP contribution is -2.33. The summed E-state index contributed by atoms with van der Waals surface area (Å²) in [4.78, 5) is -0.0803. The summed E-state index contributed by atoms with van der Waals surface area (Å²) in [5.41, 5.74) is 0. The standard InChI is InChI=1S/C9H8F4O2S/c10-6-2-1-3-7(4-6)16(15)5-8(14)9(11,12)13/h1-4,8,14H,5H2. The van der Waals surface area contributed by atoms with Gasteiger partial charge in [-0.15, -0.1) is 0 Å². The summed E-state index contributed by atoms with van der Waals surface area (Å²) in [6.45, 7) is 0. The van der Waals surface area contributed by atoms with E-state index in [0.717, 1.165) is 12.1 Å². The van der Waals surface area contributed by atoms with Gasteiger partial charge in [0, 0.05) is 4.90 Å². The highest BCUT2D eigenvalue weighted by Crippen LogP contribution is 2.22. The van der Waals surface area contributed by atoms with Crippen LogP contribution in [-0.4, -0.2) is 27.3 Å². The maximum Gasteiger partial charge on any atom is 0.415 e. The van der Waals surface area contributed by atoms with Gasteiger partial charge < -0.3 is 5.11 Å². The lowest BCUT2D eigenvalue weighted by atomic mass is 10.3. The zero-order chi connectivity index (χ0) is 12.3. The second-order valence-corrected chi connectivity index (χ2v) is 4.52. The third-order valence-corrected chi connectivity index (χ3v) is 3.14. The minimum Gasteiger partial charge on any atom is -0.383 e. The van der Waals surface area contributed by atoms with Crippen LogP contribution in [-0.2, 0) is 10.8 Å². The van der Waals surface area contributed by atoms with Crippen LogP contribution in [0.25, 0.3) is 0 Å². The summed E-state index contributed by atoms with van der Waals surface area (Å²) >= 11 is 0. The zero-order valence-electron chi connectivity index (χ0n) is 7.87. The molecule has 0 bridgehead atoms. The molecule has 7 heteroatoms. The number of halogens is 4. The van der Waals surface area contributed by atoms with Gasteiger partial charge in [0.15, 0.2) is 6.10 Å². The molecule has 1 N–H and O–H groups in total. The molecule has 16 heavy (non-hydrogen) atoms. The Hall–Kier alpha value is -0.950. The molecule has 2 nitrogen and oxygen atoms in total. The number of alkyl halides is 3. The topological polar surface area (TPSA) is 37.3 Å². The fourth-order valence-electron chi connectivity index (χ4n) is 0.943. The second kappa shape index (κ2) is 4.92. The van der Waals surface area contributed by atoms with Gasteiger partial charge in [-0.2, -0.15) is 13.2 Å². The van der Waals surface area contributed by atoms with E-state index in [1.54, 1.807) is 0 Å². The smallest absolute Gasteiger partial charge is 0.383 e. The van der Waals surface area contributed by atoms with Crippen molar-refractivity contribution in [1.29, 1.82) is 0 Å². The van der Waals surface area contributed by atoms with E-state index >= 15 is 0 Å². The Morgan fingerprint density at radius 1 is 1.38 bits per heavy atom. The van der Waals surface area contributed by atoms with Crippen LogP contribution in [0, 0.1) is 5.82 Å².